The first kappa shape index (κ1) is 10.4. The number of imidazole rings is 1. The van der Waals surface area contributed by atoms with Crippen LogP contribution in [-0.2, 0) is 5.54 Å². The zero-order valence-corrected chi connectivity index (χ0v) is 10.7. The highest BCUT2D eigenvalue weighted by atomic mass is 35.5. The molecule has 1 N–H and O–H groups in total. The van der Waals surface area contributed by atoms with Crippen LogP contribution in [0.5, 0.6) is 0 Å². The maximum Gasteiger partial charge on any atom is 0.178 e. The van der Waals surface area contributed by atoms with Gasteiger partial charge in [-0.05, 0) is 50.5 Å². The number of H-pyrrole nitrogens is 1. The van der Waals surface area contributed by atoms with Crippen LogP contribution in [0.3, 0.4) is 0 Å². The number of benzene rings is 1. The SMILES string of the molecule is CC1(n2c(=S)[nH]c3cccc(Cl)c32)CCC1. The normalized spacial score (nSPS) is 18.6. The Hall–Kier alpha value is -0.800. The third-order valence-electron chi connectivity index (χ3n) is 3.63. The zero-order valence-electron chi connectivity index (χ0n) is 9.09. The average molecular weight is 253 g/mol. The average Bonchev–Trinajstić information content (AvgIpc) is 2.53. The van der Waals surface area contributed by atoms with E-state index in [1.165, 1.54) is 19.3 Å². The molecule has 3 rings (SSSR count). The summed E-state index contributed by atoms with van der Waals surface area (Å²) in [7, 11) is 0. The van der Waals surface area contributed by atoms with Crippen molar-refractivity contribution < 1.29 is 0 Å². The quantitative estimate of drug-likeness (QED) is 0.753. The smallest absolute Gasteiger partial charge is 0.178 e. The molecular formula is C12H13ClN2S. The molecule has 84 valence electrons. The van der Waals surface area contributed by atoms with Crippen LogP contribution in [0.15, 0.2) is 18.2 Å². The summed E-state index contributed by atoms with van der Waals surface area (Å²) in [6, 6.07) is 5.89. The van der Waals surface area contributed by atoms with Gasteiger partial charge in [-0.15, -0.1) is 0 Å². The van der Waals surface area contributed by atoms with E-state index in [2.05, 4.69) is 16.5 Å². The first-order valence-electron chi connectivity index (χ1n) is 5.52. The molecule has 4 heteroatoms. The molecule has 1 fully saturated rings. The monoisotopic (exact) mass is 252 g/mol. The van der Waals surface area contributed by atoms with E-state index in [1.54, 1.807) is 0 Å². The van der Waals surface area contributed by atoms with Crippen LogP contribution in [0.4, 0.5) is 0 Å². The number of hydrogen-bond donors (Lipinski definition) is 1. The predicted molar refractivity (Wildman–Crippen MR) is 69.6 cm³/mol. The third-order valence-corrected chi connectivity index (χ3v) is 4.22. The number of fused-ring (bicyclic) bond motifs is 1. The molecule has 0 spiro atoms. The minimum Gasteiger partial charge on any atom is -0.331 e. The maximum absolute atomic E-state index is 6.28. The molecule has 16 heavy (non-hydrogen) atoms. The van der Waals surface area contributed by atoms with E-state index in [0.29, 0.717) is 0 Å². The Morgan fingerprint density at radius 3 is 2.81 bits per heavy atom. The molecule has 1 saturated carbocycles. The molecule has 0 radical (unpaired) electrons. The third kappa shape index (κ3) is 1.28. The van der Waals surface area contributed by atoms with Crippen molar-refractivity contribution in [2.24, 2.45) is 0 Å². The molecule has 0 bridgehead atoms. The molecule has 0 aliphatic heterocycles. The van der Waals surface area contributed by atoms with Crippen LogP contribution in [-0.4, -0.2) is 9.55 Å². The minimum atomic E-state index is 0.153. The fourth-order valence-electron chi connectivity index (χ4n) is 2.54. The summed E-state index contributed by atoms with van der Waals surface area (Å²) in [5.74, 6) is 0. The van der Waals surface area contributed by atoms with Crippen LogP contribution in [0.1, 0.15) is 26.2 Å². The van der Waals surface area contributed by atoms with Crippen molar-refractivity contribution in [1.82, 2.24) is 9.55 Å². The molecule has 0 unspecified atom stereocenters. The van der Waals surface area contributed by atoms with Gasteiger partial charge in [0.05, 0.1) is 16.1 Å². The second kappa shape index (κ2) is 3.34. The van der Waals surface area contributed by atoms with Gasteiger partial charge in [-0.25, -0.2) is 0 Å². The van der Waals surface area contributed by atoms with Gasteiger partial charge in [0, 0.05) is 5.54 Å². The summed E-state index contributed by atoms with van der Waals surface area (Å²) < 4.78 is 2.98. The maximum atomic E-state index is 6.28. The van der Waals surface area contributed by atoms with Gasteiger partial charge in [0.1, 0.15) is 0 Å². The molecule has 0 amide bonds. The molecule has 0 saturated heterocycles. The molecular weight excluding hydrogens is 240 g/mol. The van der Waals surface area contributed by atoms with Crippen molar-refractivity contribution in [3.8, 4) is 0 Å². The van der Waals surface area contributed by atoms with Gasteiger partial charge < -0.3 is 9.55 Å². The Labute approximate surface area is 104 Å². The Morgan fingerprint density at radius 1 is 1.44 bits per heavy atom. The summed E-state index contributed by atoms with van der Waals surface area (Å²) in [5, 5.41) is 0.776. The second-order valence-electron chi connectivity index (χ2n) is 4.75. The first-order chi connectivity index (χ1) is 7.62. The van der Waals surface area contributed by atoms with Gasteiger partial charge in [-0.3, -0.25) is 0 Å². The van der Waals surface area contributed by atoms with Crippen LogP contribution in [0, 0.1) is 4.77 Å². The van der Waals surface area contributed by atoms with Crippen molar-refractivity contribution in [3.05, 3.63) is 28.0 Å². The molecule has 2 nitrogen and oxygen atoms in total. The van der Waals surface area contributed by atoms with E-state index in [1.807, 2.05) is 18.2 Å². The minimum absolute atomic E-state index is 0.153. The first-order valence-corrected chi connectivity index (χ1v) is 6.30. The fourth-order valence-corrected chi connectivity index (χ4v) is 3.22. The highest BCUT2D eigenvalue weighted by molar-refractivity contribution is 7.71. The zero-order chi connectivity index (χ0) is 11.3. The van der Waals surface area contributed by atoms with E-state index in [-0.39, 0.29) is 5.54 Å². The summed E-state index contributed by atoms with van der Waals surface area (Å²) in [6.07, 6.45) is 3.63. The summed E-state index contributed by atoms with van der Waals surface area (Å²) >= 11 is 11.7. The second-order valence-corrected chi connectivity index (χ2v) is 5.55. The number of aromatic amines is 1. The van der Waals surface area contributed by atoms with Gasteiger partial charge in [0.15, 0.2) is 4.77 Å². The Kier molecular flexibility index (Phi) is 2.17. The molecule has 1 aliphatic carbocycles. The van der Waals surface area contributed by atoms with Crippen molar-refractivity contribution >= 4 is 34.9 Å². The van der Waals surface area contributed by atoms with Gasteiger partial charge in [-0.1, -0.05) is 17.7 Å². The number of rotatable bonds is 1. The van der Waals surface area contributed by atoms with Crippen molar-refractivity contribution in [2.45, 2.75) is 31.7 Å². The van der Waals surface area contributed by atoms with Gasteiger partial charge in [-0.2, -0.15) is 0 Å². The standard InChI is InChI=1S/C12H13ClN2S/c1-12(6-3-7-12)15-10-8(13)4-2-5-9(10)14-11(15)16/h2,4-5H,3,6-7H2,1H3,(H,14,16). The van der Waals surface area contributed by atoms with Crippen LogP contribution in [0.25, 0.3) is 11.0 Å². The van der Waals surface area contributed by atoms with Gasteiger partial charge in [0.25, 0.3) is 0 Å². The lowest BCUT2D eigenvalue weighted by atomic mass is 9.78. The number of para-hydroxylation sites is 1. The van der Waals surface area contributed by atoms with E-state index in [4.69, 9.17) is 23.8 Å². The lowest BCUT2D eigenvalue weighted by Gasteiger charge is -2.40. The largest absolute Gasteiger partial charge is 0.331 e. The number of hydrogen-bond acceptors (Lipinski definition) is 1. The lowest BCUT2D eigenvalue weighted by molar-refractivity contribution is 0.172. The lowest BCUT2D eigenvalue weighted by Crippen LogP contribution is -2.37. The molecule has 1 aromatic heterocycles. The van der Waals surface area contributed by atoms with Crippen molar-refractivity contribution in [1.29, 1.82) is 0 Å². The molecule has 1 heterocycles. The van der Waals surface area contributed by atoms with E-state index < -0.39 is 0 Å². The highest BCUT2D eigenvalue weighted by Crippen LogP contribution is 2.42. The molecule has 1 aliphatic rings. The molecule has 0 atom stereocenters. The van der Waals surface area contributed by atoms with Gasteiger partial charge >= 0.3 is 0 Å². The van der Waals surface area contributed by atoms with Crippen molar-refractivity contribution in [3.63, 3.8) is 0 Å². The van der Waals surface area contributed by atoms with Gasteiger partial charge in [0.2, 0.25) is 0 Å². The number of halogens is 1. The topological polar surface area (TPSA) is 20.7 Å². The van der Waals surface area contributed by atoms with E-state index in [9.17, 15) is 0 Å². The van der Waals surface area contributed by atoms with Crippen LogP contribution >= 0.6 is 23.8 Å². The number of nitrogens with zero attached hydrogens (tertiary/aromatic N) is 1. The van der Waals surface area contributed by atoms with Crippen LogP contribution < -0.4 is 0 Å². The molecule has 2 aromatic rings. The highest BCUT2D eigenvalue weighted by Gasteiger charge is 2.35. The van der Waals surface area contributed by atoms with Crippen molar-refractivity contribution in [2.75, 3.05) is 0 Å². The Morgan fingerprint density at radius 2 is 2.19 bits per heavy atom. The van der Waals surface area contributed by atoms with E-state index in [0.717, 1.165) is 20.8 Å². The predicted octanol–water partition coefficient (Wildman–Crippen LogP) is 4.25. The number of nitrogens with one attached hydrogen (secondary N) is 1. The summed E-state index contributed by atoms with van der Waals surface area (Å²) in [4.78, 5) is 3.24. The fraction of sp³-hybridized carbons (Fsp3) is 0.417. The summed E-state index contributed by atoms with van der Waals surface area (Å²) in [6.45, 7) is 2.25. The Bertz CT molecular complexity index is 607. The number of aromatic nitrogens is 2. The van der Waals surface area contributed by atoms with E-state index >= 15 is 0 Å². The Balaban J connectivity index is 2.39. The van der Waals surface area contributed by atoms with Crippen LogP contribution in [0.2, 0.25) is 5.02 Å². The molecule has 1 aromatic carbocycles. The summed E-state index contributed by atoms with van der Waals surface area (Å²) in [5.41, 5.74) is 2.24.